The smallest absolute Gasteiger partial charge is 0.287 e. The van der Waals surface area contributed by atoms with E-state index in [0.29, 0.717) is 24.4 Å². The second kappa shape index (κ2) is 8.83. The summed E-state index contributed by atoms with van der Waals surface area (Å²) in [6, 6.07) is 16.3. The van der Waals surface area contributed by atoms with Crippen molar-refractivity contribution in [1.82, 2.24) is 5.32 Å². The summed E-state index contributed by atoms with van der Waals surface area (Å²) in [7, 11) is 0. The van der Waals surface area contributed by atoms with Crippen LogP contribution in [0.5, 0.6) is 0 Å². The number of hydrogen-bond acceptors (Lipinski definition) is 6. The second-order valence-electron chi connectivity index (χ2n) is 6.28. The van der Waals surface area contributed by atoms with E-state index >= 15 is 0 Å². The van der Waals surface area contributed by atoms with Crippen LogP contribution >= 0.6 is 0 Å². The molecule has 1 amide bonds. The summed E-state index contributed by atoms with van der Waals surface area (Å²) in [6.07, 6.45) is 0. The van der Waals surface area contributed by atoms with E-state index in [1.807, 2.05) is 0 Å². The van der Waals surface area contributed by atoms with E-state index in [4.69, 9.17) is 4.42 Å². The second-order valence-corrected chi connectivity index (χ2v) is 6.28. The Bertz CT molecular complexity index is 1020. The lowest BCUT2D eigenvalue weighted by atomic mass is 10.1. The number of non-ortho nitro benzene ring substituents is 1. The molecule has 0 atom stereocenters. The minimum Gasteiger partial charge on any atom is -0.451 e. The van der Waals surface area contributed by atoms with E-state index in [9.17, 15) is 19.7 Å². The van der Waals surface area contributed by atoms with Crippen LogP contribution in [-0.2, 0) is 0 Å². The molecule has 8 nitrogen and oxygen atoms in total. The highest BCUT2D eigenvalue weighted by Gasteiger charge is 2.12. The van der Waals surface area contributed by atoms with Crippen molar-refractivity contribution < 1.29 is 18.9 Å². The summed E-state index contributed by atoms with van der Waals surface area (Å²) in [5, 5.41) is 16.4. The van der Waals surface area contributed by atoms with E-state index in [-0.39, 0.29) is 23.1 Å². The van der Waals surface area contributed by atoms with Gasteiger partial charge in [-0.05, 0) is 31.2 Å². The fourth-order valence-corrected chi connectivity index (χ4v) is 2.66. The van der Waals surface area contributed by atoms with E-state index in [1.165, 1.54) is 19.1 Å². The highest BCUT2D eigenvalue weighted by molar-refractivity contribution is 5.94. The Kier molecular flexibility index (Phi) is 6.03. The summed E-state index contributed by atoms with van der Waals surface area (Å²) in [6.45, 7) is 2.30. The van der Waals surface area contributed by atoms with Crippen LogP contribution in [0.4, 0.5) is 11.4 Å². The van der Waals surface area contributed by atoms with Crippen LogP contribution in [0, 0.1) is 10.1 Å². The molecule has 0 aliphatic rings. The first kappa shape index (κ1) is 19.8. The zero-order valence-electron chi connectivity index (χ0n) is 15.7. The van der Waals surface area contributed by atoms with Gasteiger partial charge in [0.05, 0.1) is 4.92 Å². The molecule has 1 aromatic heterocycles. The van der Waals surface area contributed by atoms with Crippen LogP contribution < -0.4 is 10.6 Å². The van der Waals surface area contributed by atoms with Crippen LogP contribution in [0.2, 0.25) is 0 Å². The minimum absolute atomic E-state index is 0.0154. The van der Waals surface area contributed by atoms with Gasteiger partial charge in [-0.1, -0.05) is 24.3 Å². The van der Waals surface area contributed by atoms with Gasteiger partial charge in [-0.3, -0.25) is 19.7 Å². The lowest BCUT2D eigenvalue weighted by molar-refractivity contribution is -0.384. The highest BCUT2D eigenvalue weighted by Crippen LogP contribution is 2.22. The number of nitrogens with one attached hydrogen (secondary N) is 2. The van der Waals surface area contributed by atoms with Gasteiger partial charge in [-0.2, -0.15) is 0 Å². The van der Waals surface area contributed by atoms with Crippen LogP contribution in [0.1, 0.15) is 27.8 Å². The summed E-state index contributed by atoms with van der Waals surface area (Å²) >= 11 is 0. The molecule has 0 fully saturated rings. The summed E-state index contributed by atoms with van der Waals surface area (Å²) in [4.78, 5) is 33.7. The zero-order chi connectivity index (χ0) is 20.8. The number of Topliss-reactive ketones (excluding diaryl/α,β-unsaturated/α-hetero) is 1. The highest BCUT2D eigenvalue weighted by atomic mass is 16.6. The molecule has 29 heavy (non-hydrogen) atoms. The maximum atomic E-state index is 12.2. The molecule has 2 aromatic carbocycles. The molecular weight excluding hydrogens is 374 g/mol. The number of carbonyl (C=O) groups is 2. The molecule has 0 aliphatic heterocycles. The number of amides is 1. The van der Waals surface area contributed by atoms with Crippen molar-refractivity contribution in [2.24, 2.45) is 0 Å². The Hall–Kier alpha value is -3.94. The van der Waals surface area contributed by atoms with Crippen molar-refractivity contribution >= 4 is 23.1 Å². The van der Waals surface area contributed by atoms with E-state index in [1.54, 1.807) is 48.5 Å². The Morgan fingerprint density at radius 2 is 1.66 bits per heavy atom. The van der Waals surface area contributed by atoms with Gasteiger partial charge in [0.1, 0.15) is 5.76 Å². The molecule has 2 N–H and O–H groups in total. The van der Waals surface area contributed by atoms with Crippen molar-refractivity contribution in [1.29, 1.82) is 0 Å². The first-order chi connectivity index (χ1) is 13.9. The first-order valence-corrected chi connectivity index (χ1v) is 8.92. The Balaban J connectivity index is 1.50. The van der Waals surface area contributed by atoms with E-state index in [0.717, 1.165) is 11.3 Å². The third kappa shape index (κ3) is 5.07. The molecule has 0 radical (unpaired) electrons. The first-order valence-electron chi connectivity index (χ1n) is 8.92. The van der Waals surface area contributed by atoms with E-state index in [2.05, 4.69) is 10.6 Å². The van der Waals surface area contributed by atoms with Gasteiger partial charge < -0.3 is 15.1 Å². The number of nitro benzene ring substituents is 1. The number of hydrogen-bond donors (Lipinski definition) is 2. The molecule has 0 bridgehead atoms. The van der Waals surface area contributed by atoms with Crippen LogP contribution in [0.3, 0.4) is 0 Å². The van der Waals surface area contributed by atoms with Crippen molar-refractivity contribution in [2.45, 2.75) is 6.92 Å². The zero-order valence-corrected chi connectivity index (χ0v) is 15.7. The van der Waals surface area contributed by atoms with Crippen LogP contribution in [-0.4, -0.2) is 29.7 Å². The topological polar surface area (TPSA) is 114 Å². The molecule has 8 heteroatoms. The average molecular weight is 393 g/mol. The fraction of sp³-hybridized carbons (Fsp3) is 0.143. The van der Waals surface area contributed by atoms with Crippen molar-refractivity contribution in [3.05, 3.63) is 82.1 Å². The number of rotatable bonds is 8. The number of nitrogens with zero attached hydrogens (tertiary/aromatic N) is 1. The van der Waals surface area contributed by atoms with E-state index < -0.39 is 4.92 Å². The number of anilines is 1. The largest absolute Gasteiger partial charge is 0.451 e. The van der Waals surface area contributed by atoms with Crippen molar-refractivity contribution in [3.63, 3.8) is 0 Å². The Labute approximate surface area is 166 Å². The van der Waals surface area contributed by atoms with Crippen molar-refractivity contribution in [3.8, 4) is 11.3 Å². The lowest BCUT2D eigenvalue weighted by Gasteiger charge is -2.07. The van der Waals surface area contributed by atoms with Gasteiger partial charge >= 0.3 is 0 Å². The monoisotopic (exact) mass is 393 g/mol. The third-order valence-electron chi connectivity index (χ3n) is 4.22. The molecule has 0 saturated heterocycles. The predicted octanol–water partition coefficient (Wildman–Crippen LogP) is 3.90. The third-order valence-corrected chi connectivity index (χ3v) is 4.22. The lowest BCUT2D eigenvalue weighted by Crippen LogP contribution is -2.28. The molecule has 3 aromatic rings. The Morgan fingerprint density at radius 1 is 0.966 bits per heavy atom. The summed E-state index contributed by atoms with van der Waals surface area (Å²) < 4.78 is 5.60. The molecule has 0 spiro atoms. The van der Waals surface area contributed by atoms with Crippen molar-refractivity contribution in [2.75, 3.05) is 18.4 Å². The van der Waals surface area contributed by atoms with Gasteiger partial charge in [-0.15, -0.1) is 0 Å². The number of carbonyl (C=O) groups excluding carboxylic acids is 2. The molecule has 148 valence electrons. The molecule has 0 aliphatic carbocycles. The molecule has 1 heterocycles. The normalized spacial score (nSPS) is 10.4. The molecule has 0 saturated carbocycles. The Morgan fingerprint density at radius 3 is 2.28 bits per heavy atom. The molecule has 3 rings (SSSR count). The fourth-order valence-electron chi connectivity index (χ4n) is 2.66. The number of nitro groups is 1. The number of furan rings is 1. The summed E-state index contributed by atoms with van der Waals surface area (Å²) in [5.41, 5.74) is 2.13. The molecule has 0 unspecified atom stereocenters. The number of ketones is 1. The average Bonchev–Trinajstić information content (AvgIpc) is 3.22. The standard InChI is InChI=1S/C21H19N3O5/c1-14(25)15-2-4-16(5-3-15)19-10-11-20(29-19)21(26)23-13-12-22-17-6-8-18(9-7-17)24(27)28/h2-11,22H,12-13H2,1H3,(H,23,26). The van der Waals surface area contributed by atoms with Crippen LogP contribution in [0.15, 0.2) is 65.1 Å². The van der Waals surface area contributed by atoms with Crippen LogP contribution in [0.25, 0.3) is 11.3 Å². The molecular formula is C21H19N3O5. The van der Waals surface area contributed by atoms with Gasteiger partial charge in [0.2, 0.25) is 0 Å². The van der Waals surface area contributed by atoms with Gasteiger partial charge in [-0.25, -0.2) is 0 Å². The van der Waals surface area contributed by atoms with Gasteiger partial charge in [0.25, 0.3) is 11.6 Å². The van der Waals surface area contributed by atoms with Gasteiger partial charge in [0, 0.05) is 42.0 Å². The predicted molar refractivity (Wildman–Crippen MR) is 108 cm³/mol. The van der Waals surface area contributed by atoms with Gasteiger partial charge in [0.15, 0.2) is 11.5 Å². The minimum atomic E-state index is -0.459. The quantitative estimate of drug-likeness (QED) is 0.260. The summed E-state index contributed by atoms with van der Waals surface area (Å²) in [5.74, 6) is 0.362. The number of benzene rings is 2. The SMILES string of the molecule is CC(=O)c1ccc(-c2ccc(C(=O)NCCNc3ccc([N+](=O)[O-])cc3)o2)cc1. The maximum Gasteiger partial charge on any atom is 0.287 e. The maximum absolute atomic E-state index is 12.2.